The molecule has 0 aromatic heterocycles. The van der Waals surface area contributed by atoms with Crippen LogP contribution in [0.3, 0.4) is 0 Å². The van der Waals surface area contributed by atoms with Crippen molar-refractivity contribution >= 4 is 11.9 Å². The van der Waals surface area contributed by atoms with Gasteiger partial charge in [0.15, 0.2) is 0 Å². The van der Waals surface area contributed by atoms with Crippen LogP contribution in [0.2, 0.25) is 0 Å². The van der Waals surface area contributed by atoms with Crippen LogP contribution in [0, 0.1) is 40.4 Å². The molecule has 0 bridgehead atoms. The average molecular weight is 429 g/mol. The van der Waals surface area contributed by atoms with E-state index in [1.165, 1.54) is 46.1 Å². The van der Waals surface area contributed by atoms with E-state index < -0.39 is 0 Å². The summed E-state index contributed by atoms with van der Waals surface area (Å²) >= 11 is 0. The summed E-state index contributed by atoms with van der Waals surface area (Å²) in [4.78, 5) is 23.0. The van der Waals surface area contributed by atoms with Gasteiger partial charge >= 0.3 is 11.9 Å². The van der Waals surface area contributed by atoms with E-state index in [-0.39, 0.29) is 23.5 Å². The number of carbonyl (C=O) groups is 2. The summed E-state index contributed by atoms with van der Waals surface area (Å²) in [6.45, 7) is 8.84. The largest absolute Gasteiger partial charge is 0.466 e. The topological polar surface area (TPSA) is 52.6 Å². The Morgan fingerprint density at radius 1 is 1.13 bits per heavy atom. The van der Waals surface area contributed by atoms with Crippen LogP contribution in [0.25, 0.3) is 0 Å². The van der Waals surface area contributed by atoms with E-state index in [1.807, 2.05) is 0 Å². The molecule has 0 heterocycles. The lowest BCUT2D eigenvalue weighted by Crippen LogP contribution is -2.51. The lowest BCUT2D eigenvalue weighted by atomic mass is 9.47. The number of rotatable bonds is 4. The van der Waals surface area contributed by atoms with Gasteiger partial charge in [-0.3, -0.25) is 4.79 Å². The minimum absolute atomic E-state index is 0.0699. The number of ether oxygens (including phenoxy) is 2. The second-order valence-corrected chi connectivity index (χ2v) is 11.2. The predicted molar refractivity (Wildman–Crippen MR) is 121 cm³/mol. The maximum absolute atomic E-state index is 11.6. The Labute approximate surface area is 187 Å². The first-order valence-corrected chi connectivity index (χ1v) is 12.3. The van der Waals surface area contributed by atoms with E-state index in [2.05, 4.69) is 32.9 Å². The van der Waals surface area contributed by atoms with E-state index in [1.54, 1.807) is 11.6 Å². The zero-order chi connectivity index (χ0) is 22.4. The molecule has 0 N–H and O–H groups in total. The summed E-state index contributed by atoms with van der Waals surface area (Å²) in [5, 5.41) is 0. The molecule has 0 amide bonds. The minimum Gasteiger partial charge on any atom is -0.466 e. The molecule has 4 rings (SSSR count). The second-order valence-electron chi connectivity index (χ2n) is 11.2. The highest BCUT2D eigenvalue weighted by molar-refractivity contribution is 5.81. The molecule has 0 aromatic rings. The molecule has 8 atom stereocenters. The van der Waals surface area contributed by atoms with E-state index in [0.29, 0.717) is 17.3 Å². The van der Waals surface area contributed by atoms with Crippen molar-refractivity contribution in [2.75, 3.05) is 7.11 Å². The van der Waals surface area contributed by atoms with Crippen LogP contribution < -0.4 is 0 Å². The van der Waals surface area contributed by atoms with Crippen molar-refractivity contribution in [3.05, 3.63) is 23.8 Å². The van der Waals surface area contributed by atoms with Crippen LogP contribution in [0.4, 0.5) is 0 Å². The van der Waals surface area contributed by atoms with E-state index in [9.17, 15) is 9.59 Å². The molecule has 0 spiro atoms. The number of allylic oxidation sites excluding steroid dienone is 2. The maximum Gasteiger partial charge on any atom is 0.330 e. The van der Waals surface area contributed by atoms with Gasteiger partial charge in [-0.2, -0.15) is 0 Å². The molecule has 0 unspecified atom stereocenters. The summed E-state index contributed by atoms with van der Waals surface area (Å²) in [5.41, 5.74) is 2.19. The highest BCUT2D eigenvalue weighted by atomic mass is 16.5. The molecule has 4 heteroatoms. The Kier molecular flexibility index (Phi) is 6.13. The fraction of sp³-hybridized carbons (Fsp3) is 0.778. The van der Waals surface area contributed by atoms with Gasteiger partial charge in [0, 0.05) is 19.4 Å². The maximum atomic E-state index is 11.6. The van der Waals surface area contributed by atoms with Crippen LogP contribution in [0.15, 0.2) is 23.8 Å². The minimum atomic E-state index is -0.252. The van der Waals surface area contributed by atoms with Crippen molar-refractivity contribution in [3.8, 4) is 0 Å². The standard InChI is InChI=1S/C27H40O4/c1-17(6-11-25(29)30-5)22-9-10-23-21-8-7-19-16-20(31-18(2)28)12-14-26(19,3)24(21)13-15-27(22,23)4/h6-7,11,17,20-24H,8-10,12-16H2,1-5H3/b11-6+/t17-,20-,21-,22+,23-,24-,26-,27+/m0/s1. The lowest BCUT2D eigenvalue weighted by Gasteiger charge is -2.58. The van der Waals surface area contributed by atoms with Crippen LogP contribution in [-0.2, 0) is 19.1 Å². The van der Waals surface area contributed by atoms with E-state index in [4.69, 9.17) is 9.47 Å². The number of fused-ring (bicyclic) bond motifs is 5. The first-order chi connectivity index (χ1) is 14.7. The number of esters is 2. The Hall–Kier alpha value is -1.58. The Bertz CT molecular complexity index is 782. The number of hydrogen-bond donors (Lipinski definition) is 0. The molecule has 0 radical (unpaired) electrons. The SMILES string of the molecule is COC(=O)/C=C/[C@H](C)[C@H]1CC[C@H]2[C@@H]3CC=C4C[C@@H](OC(C)=O)CC[C@]4(C)[C@H]3CC[C@]12C. The van der Waals surface area contributed by atoms with Gasteiger partial charge in [-0.1, -0.05) is 38.5 Å². The molecule has 172 valence electrons. The van der Waals surface area contributed by atoms with Crippen LogP contribution in [0.5, 0.6) is 0 Å². The average Bonchev–Trinajstić information content (AvgIpc) is 3.09. The normalized spacial score (nSPS) is 42.7. The molecule has 4 nitrogen and oxygen atoms in total. The van der Waals surface area contributed by atoms with Crippen molar-refractivity contribution in [1.82, 2.24) is 0 Å². The molecular weight excluding hydrogens is 388 g/mol. The van der Waals surface area contributed by atoms with Crippen molar-refractivity contribution in [2.45, 2.75) is 85.2 Å². The molecule has 0 aromatic carbocycles. The third-order valence-corrected chi connectivity index (χ3v) is 9.84. The number of methoxy groups -OCH3 is 1. The molecule has 4 aliphatic carbocycles. The van der Waals surface area contributed by atoms with Crippen molar-refractivity contribution in [2.24, 2.45) is 40.4 Å². The molecule has 31 heavy (non-hydrogen) atoms. The number of hydrogen-bond acceptors (Lipinski definition) is 4. The Morgan fingerprint density at radius 3 is 2.61 bits per heavy atom. The number of carbonyl (C=O) groups excluding carboxylic acids is 2. The first-order valence-electron chi connectivity index (χ1n) is 12.3. The molecule has 3 fully saturated rings. The summed E-state index contributed by atoms with van der Waals surface area (Å²) in [6, 6.07) is 0. The van der Waals surface area contributed by atoms with Gasteiger partial charge in [0.05, 0.1) is 7.11 Å². The highest BCUT2D eigenvalue weighted by Crippen LogP contribution is 2.67. The molecular formula is C27H40O4. The monoisotopic (exact) mass is 428 g/mol. The zero-order valence-corrected chi connectivity index (χ0v) is 20.0. The van der Waals surface area contributed by atoms with E-state index >= 15 is 0 Å². The smallest absolute Gasteiger partial charge is 0.330 e. The fourth-order valence-corrected chi connectivity index (χ4v) is 8.30. The van der Waals surface area contributed by atoms with Crippen LogP contribution in [0.1, 0.15) is 79.1 Å². The summed E-state index contributed by atoms with van der Waals surface area (Å²) in [7, 11) is 1.44. The summed E-state index contributed by atoms with van der Waals surface area (Å²) in [6.07, 6.45) is 15.7. The van der Waals surface area contributed by atoms with Crippen molar-refractivity contribution < 1.29 is 19.1 Å². The predicted octanol–water partition coefficient (Wildman–Crippen LogP) is 5.86. The Morgan fingerprint density at radius 2 is 1.90 bits per heavy atom. The van der Waals surface area contributed by atoms with Gasteiger partial charge < -0.3 is 9.47 Å². The van der Waals surface area contributed by atoms with Crippen molar-refractivity contribution in [1.29, 1.82) is 0 Å². The van der Waals surface area contributed by atoms with Gasteiger partial charge in [-0.25, -0.2) is 4.79 Å². The van der Waals surface area contributed by atoms with E-state index in [0.717, 1.165) is 37.0 Å². The van der Waals surface area contributed by atoms with Crippen LogP contribution in [-0.4, -0.2) is 25.2 Å². The first kappa shape index (κ1) is 22.6. The van der Waals surface area contributed by atoms with Crippen LogP contribution >= 0.6 is 0 Å². The van der Waals surface area contributed by atoms with Gasteiger partial charge in [0.2, 0.25) is 0 Å². The highest BCUT2D eigenvalue weighted by Gasteiger charge is 2.59. The van der Waals surface area contributed by atoms with Crippen molar-refractivity contribution in [3.63, 3.8) is 0 Å². The quantitative estimate of drug-likeness (QED) is 0.320. The molecule has 4 aliphatic rings. The molecule has 0 aliphatic heterocycles. The van der Waals surface area contributed by atoms with Gasteiger partial charge in [-0.05, 0) is 85.4 Å². The van der Waals surface area contributed by atoms with Gasteiger partial charge in [0.25, 0.3) is 0 Å². The fourth-order valence-electron chi connectivity index (χ4n) is 8.30. The zero-order valence-electron chi connectivity index (χ0n) is 20.0. The lowest BCUT2D eigenvalue weighted by molar-refractivity contribution is -0.148. The summed E-state index contributed by atoms with van der Waals surface area (Å²) < 4.78 is 10.4. The van der Waals surface area contributed by atoms with Gasteiger partial charge in [-0.15, -0.1) is 0 Å². The summed E-state index contributed by atoms with van der Waals surface area (Å²) in [5.74, 6) is 2.92. The van der Waals surface area contributed by atoms with Gasteiger partial charge in [0.1, 0.15) is 6.10 Å². The third-order valence-electron chi connectivity index (χ3n) is 9.84. The molecule has 0 saturated heterocycles. The third kappa shape index (κ3) is 3.89. The second kappa shape index (κ2) is 8.41. The Balaban J connectivity index is 1.52. The molecule has 3 saturated carbocycles.